The second-order valence-corrected chi connectivity index (χ2v) is 7.34. The summed E-state index contributed by atoms with van der Waals surface area (Å²) >= 11 is 0. The van der Waals surface area contributed by atoms with Gasteiger partial charge in [-0.3, -0.25) is 4.98 Å². The molecule has 1 atom stereocenters. The molecule has 0 saturated heterocycles. The molecule has 0 fully saturated rings. The summed E-state index contributed by atoms with van der Waals surface area (Å²) in [7, 11) is 3.55. The summed E-state index contributed by atoms with van der Waals surface area (Å²) in [5.74, 6) is 1.95. The van der Waals surface area contributed by atoms with Crippen LogP contribution in [0.15, 0.2) is 42.6 Å². The van der Waals surface area contributed by atoms with Crippen LogP contribution in [0.1, 0.15) is 25.3 Å². The van der Waals surface area contributed by atoms with Gasteiger partial charge in [0.05, 0.1) is 19.2 Å². The Kier molecular flexibility index (Phi) is 7.46. The Balaban J connectivity index is 1.88. The Morgan fingerprint density at radius 2 is 1.90 bits per heavy atom. The number of aromatic nitrogens is 1. The molecule has 6 heteroatoms. The van der Waals surface area contributed by atoms with E-state index in [2.05, 4.69) is 17.2 Å². The highest BCUT2D eigenvalue weighted by Crippen LogP contribution is 2.37. The number of ether oxygens (including phenoxy) is 3. The fourth-order valence-corrected chi connectivity index (χ4v) is 3.26. The number of nitrogens with one attached hydrogen (secondary N) is 1. The molecule has 3 rings (SSSR count). The fourth-order valence-electron chi connectivity index (χ4n) is 3.26. The number of fused-ring (bicyclic) bond motifs is 1. The number of pyridine rings is 1. The van der Waals surface area contributed by atoms with Crippen molar-refractivity contribution in [2.24, 2.45) is 5.92 Å². The van der Waals surface area contributed by atoms with Gasteiger partial charge >= 0.3 is 0 Å². The zero-order chi connectivity index (χ0) is 21.5. The summed E-state index contributed by atoms with van der Waals surface area (Å²) < 4.78 is 31.7. The highest BCUT2D eigenvalue weighted by atomic mass is 19.1. The Bertz CT molecular complexity index is 994. The molecule has 1 heterocycles. The summed E-state index contributed by atoms with van der Waals surface area (Å²) in [6.45, 7) is 5.55. The van der Waals surface area contributed by atoms with Crippen LogP contribution in [0.3, 0.4) is 0 Å². The molecule has 0 saturated carbocycles. The highest BCUT2D eigenvalue weighted by molar-refractivity contribution is 5.88. The summed E-state index contributed by atoms with van der Waals surface area (Å²) in [4.78, 5) is 4.43. The molecule has 1 aromatic heterocycles. The third-order valence-electron chi connectivity index (χ3n) is 5.15. The van der Waals surface area contributed by atoms with Crippen molar-refractivity contribution in [2.45, 2.75) is 26.7 Å². The maximum atomic E-state index is 14.3. The first-order valence-corrected chi connectivity index (χ1v) is 10.2. The molecule has 3 aromatic rings. The molecule has 0 bridgehead atoms. The number of aryl methyl sites for hydroxylation is 1. The van der Waals surface area contributed by atoms with Crippen LogP contribution in [0.2, 0.25) is 0 Å². The van der Waals surface area contributed by atoms with Crippen LogP contribution in [-0.4, -0.2) is 32.3 Å². The normalized spacial score (nSPS) is 12.0. The van der Waals surface area contributed by atoms with Gasteiger partial charge in [0, 0.05) is 17.6 Å². The number of halogens is 1. The lowest BCUT2D eigenvalue weighted by Crippen LogP contribution is -2.18. The van der Waals surface area contributed by atoms with E-state index < -0.39 is 5.82 Å². The highest BCUT2D eigenvalue weighted by Gasteiger charge is 2.15. The summed E-state index contributed by atoms with van der Waals surface area (Å²) in [5, 5.41) is 3.91. The Morgan fingerprint density at radius 1 is 1.07 bits per heavy atom. The zero-order valence-corrected chi connectivity index (χ0v) is 18.0. The smallest absolute Gasteiger partial charge is 0.165 e. The SMILES string of the molecule is CCC(CCNC)COc1cc2nccc(Oc3ccc(C)cc3F)c2cc1OC. The Hall–Kier alpha value is -2.86. The minimum absolute atomic E-state index is 0.169. The summed E-state index contributed by atoms with van der Waals surface area (Å²) in [6.07, 6.45) is 3.72. The molecule has 160 valence electrons. The predicted molar refractivity (Wildman–Crippen MR) is 117 cm³/mol. The lowest BCUT2D eigenvalue weighted by atomic mass is 10.0. The predicted octanol–water partition coefficient (Wildman–Crippen LogP) is 5.50. The molecule has 0 aliphatic heterocycles. The minimum Gasteiger partial charge on any atom is -0.493 e. The van der Waals surface area contributed by atoms with Gasteiger partial charge in [0.15, 0.2) is 23.1 Å². The van der Waals surface area contributed by atoms with E-state index in [-0.39, 0.29) is 5.75 Å². The van der Waals surface area contributed by atoms with Crippen molar-refractivity contribution in [1.29, 1.82) is 0 Å². The standard InChI is InChI=1S/C24H29FN2O3/c1-5-17(8-10-26-3)15-29-24-14-20-18(13-23(24)28-4)21(9-11-27-20)30-22-7-6-16(2)12-19(22)25/h6-7,9,11-14,17,26H,5,8,10,15H2,1-4H3. The van der Waals surface area contributed by atoms with Gasteiger partial charge in [-0.25, -0.2) is 4.39 Å². The van der Waals surface area contributed by atoms with E-state index in [1.165, 1.54) is 6.07 Å². The van der Waals surface area contributed by atoms with E-state index in [4.69, 9.17) is 14.2 Å². The number of hydrogen-bond acceptors (Lipinski definition) is 5. The van der Waals surface area contributed by atoms with Crippen molar-refractivity contribution in [3.05, 3.63) is 54.0 Å². The molecule has 30 heavy (non-hydrogen) atoms. The molecular formula is C24H29FN2O3. The van der Waals surface area contributed by atoms with Gasteiger partial charge in [-0.05, 0) is 62.7 Å². The molecular weight excluding hydrogens is 383 g/mol. The molecule has 1 N–H and O–H groups in total. The second-order valence-electron chi connectivity index (χ2n) is 7.34. The quantitative estimate of drug-likeness (QED) is 0.477. The van der Waals surface area contributed by atoms with Crippen LogP contribution >= 0.6 is 0 Å². The topological polar surface area (TPSA) is 52.6 Å². The average Bonchev–Trinajstić information content (AvgIpc) is 2.75. The van der Waals surface area contributed by atoms with Gasteiger partial charge < -0.3 is 19.5 Å². The summed E-state index contributed by atoms with van der Waals surface area (Å²) in [5.41, 5.74) is 1.53. The van der Waals surface area contributed by atoms with E-state index in [9.17, 15) is 4.39 Å². The van der Waals surface area contributed by atoms with Crippen molar-refractivity contribution in [3.63, 3.8) is 0 Å². The van der Waals surface area contributed by atoms with Crippen molar-refractivity contribution < 1.29 is 18.6 Å². The molecule has 0 radical (unpaired) electrons. The third-order valence-corrected chi connectivity index (χ3v) is 5.15. The largest absolute Gasteiger partial charge is 0.493 e. The Morgan fingerprint density at radius 3 is 2.60 bits per heavy atom. The third kappa shape index (κ3) is 5.19. The van der Waals surface area contributed by atoms with E-state index >= 15 is 0 Å². The van der Waals surface area contributed by atoms with Crippen LogP contribution in [0, 0.1) is 18.7 Å². The maximum absolute atomic E-state index is 14.3. The minimum atomic E-state index is -0.404. The number of methoxy groups -OCH3 is 1. The molecule has 2 aromatic carbocycles. The van der Waals surface area contributed by atoms with E-state index in [0.29, 0.717) is 35.3 Å². The van der Waals surface area contributed by atoms with Gasteiger partial charge in [-0.2, -0.15) is 0 Å². The van der Waals surface area contributed by atoms with Crippen LogP contribution in [0.5, 0.6) is 23.0 Å². The van der Waals surface area contributed by atoms with Gasteiger partial charge in [0.2, 0.25) is 0 Å². The van der Waals surface area contributed by atoms with E-state index in [1.54, 1.807) is 25.4 Å². The lowest BCUT2D eigenvalue weighted by Gasteiger charge is -2.18. The number of hydrogen-bond donors (Lipinski definition) is 1. The number of benzene rings is 2. The second kappa shape index (κ2) is 10.3. The summed E-state index contributed by atoms with van der Waals surface area (Å²) in [6, 6.07) is 10.3. The van der Waals surface area contributed by atoms with Crippen LogP contribution < -0.4 is 19.5 Å². The first-order valence-electron chi connectivity index (χ1n) is 10.2. The molecule has 0 spiro atoms. The van der Waals surface area contributed by atoms with Crippen molar-refractivity contribution in [3.8, 4) is 23.0 Å². The number of rotatable bonds is 10. The van der Waals surface area contributed by atoms with Gasteiger partial charge in [-0.1, -0.05) is 19.4 Å². The number of nitrogens with zero attached hydrogens (tertiary/aromatic N) is 1. The maximum Gasteiger partial charge on any atom is 0.165 e. The molecule has 5 nitrogen and oxygen atoms in total. The first-order chi connectivity index (χ1) is 14.5. The molecule has 0 aliphatic carbocycles. The lowest BCUT2D eigenvalue weighted by molar-refractivity contribution is 0.227. The van der Waals surface area contributed by atoms with Crippen molar-refractivity contribution >= 4 is 10.9 Å². The first kappa shape index (κ1) is 21.8. The van der Waals surface area contributed by atoms with Crippen LogP contribution in [0.4, 0.5) is 4.39 Å². The van der Waals surface area contributed by atoms with Crippen LogP contribution in [0.25, 0.3) is 10.9 Å². The molecule has 0 amide bonds. The van der Waals surface area contributed by atoms with Crippen LogP contribution in [-0.2, 0) is 0 Å². The van der Waals surface area contributed by atoms with Crippen molar-refractivity contribution in [2.75, 3.05) is 27.3 Å². The van der Waals surface area contributed by atoms with E-state index in [1.807, 2.05) is 32.2 Å². The monoisotopic (exact) mass is 412 g/mol. The van der Waals surface area contributed by atoms with Gasteiger partial charge in [0.1, 0.15) is 5.75 Å². The van der Waals surface area contributed by atoms with Crippen molar-refractivity contribution in [1.82, 2.24) is 10.3 Å². The fraction of sp³-hybridized carbons (Fsp3) is 0.375. The van der Waals surface area contributed by atoms with E-state index in [0.717, 1.165) is 30.3 Å². The molecule has 1 unspecified atom stereocenters. The Labute approximate surface area is 177 Å². The van der Waals surface area contributed by atoms with Gasteiger partial charge in [-0.15, -0.1) is 0 Å². The van der Waals surface area contributed by atoms with Gasteiger partial charge in [0.25, 0.3) is 0 Å². The average molecular weight is 413 g/mol. The zero-order valence-electron chi connectivity index (χ0n) is 18.0. The molecule has 0 aliphatic rings.